The monoisotopic (exact) mass is 568 g/mol. The molecule has 6 N–H and O–H groups in total. The van der Waals surface area contributed by atoms with Gasteiger partial charge < -0.3 is 30.5 Å². The second kappa shape index (κ2) is 10.9. The zero-order chi connectivity index (χ0) is 30.5. The summed E-state index contributed by atoms with van der Waals surface area (Å²) >= 11 is 0. The van der Waals surface area contributed by atoms with Crippen LogP contribution in [0.2, 0.25) is 0 Å². The number of aromatic amines is 3. The Morgan fingerprint density at radius 3 is 2.26 bits per heavy atom. The van der Waals surface area contributed by atoms with Crippen LogP contribution in [0.5, 0.6) is 0 Å². The number of fused-ring (bicyclic) bond motifs is 8. The number of aromatic nitrogens is 3. The summed E-state index contributed by atoms with van der Waals surface area (Å²) in [4.78, 5) is 47.2. The van der Waals surface area contributed by atoms with Crippen molar-refractivity contribution in [2.24, 2.45) is 11.8 Å². The molecule has 0 unspecified atom stereocenters. The second-order valence-corrected chi connectivity index (χ2v) is 11.1. The molecular weight excluding hydrogens is 532 g/mol. The Balaban J connectivity index is 1.92. The minimum Gasteiger partial charge on any atom is -0.481 e. The predicted octanol–water partition coefficient (Wildman–Crippen LogP) is 4.14. The summed E-state index contributed by atoms with van der Waals surface area (Å²) in [5.74, 6) is -2.60. The Morgan fingerprint density at radius 2 is 1.64 bits per heavy atom. The van der Waals surface area contributed by atoms with Gasteiger partial charge >= 0.3 is 11.9 Å². The predicted molar refractivity (Wildman–Crippen MR) is 163 cm³/mol. The first kappa shape index (κ1) is 28.7. The summed E-state index contributed by atoms with van der Waals surface area (Å²) in [7, 11) is 0. The van der Waals surface area contributed by atoms with E-state index in [1.165, 1.54) is 0 Å². The molecule has 5 heterocycles. The third-order valence-corrected chi connectivity index (χ3v) is 8.85. The topological polar surface area (TPSA) is 151 Å². The largest absolute Gasteiger partial charge is 0.481 e. The lowest BCUT2D eigenvalue weighted by atomic mass is 9.86. The highest BCUT2D eigenvalue weighted by Crippen LogP contribution is 2.41. The standard InChI is InChI=1S/C33H36N4O5/c1-7-19-15(3)23-11-25-17(5)21(9-10-29(39)40)31(36-25)22(14-38)32-30(33(41)42)18(6)26(37-32)13-28-20(8-2)16(4)24(35-28)12-27(19)34-23/h7,11-14,17,21,34-37H,1,8-10H2,2-6H3,(H,39,40)(H,41,42)/t17-,21-/m0/s1. The molecule has 42 heavy (non-hydrogen) atoms. The molecule has 3 aromatic rings. The molecule has 9 nitrogen and oxygen atoms in total. The number of aldehydes is 1. The van der Waals surface area contributed by atoms with E-state index in [0.29, 0.717) is 23.2 Å². The Kier molecular flexibility index (Phi) is 7.45. The molecule has 1 fully saturated rings. The number of H-pyrrole nitrogens is 3. The lowest BCUT2D eigenvalue weighted by Gasteiger charge is -2.16. The number of nitrogens with one attached hydrogen (secondary N) is 4. The SMILES string of the molecule is C=Cc1c2[nH]c(c1C)C=C1NC(=C(C=O)c3[nH]c(c(C)c3C(=O)O)C=c3[nH]c(c(C)c3CC)=C2)[C@@H](CCC(=O)O)[C@@H]1C. The third kappa shape index (κ3) is 4.64. The molecular formula is C33H36N4O5. The van der Waals surface area contributed by atoms with Crippen LogP contribution >= 0.6 is 0 Å². The quantitative estimate of drug-likeness (QED) is 0.236. The van der Waals surface area contributed by atoms with Gasteiger partial charge in [0, 0.05) is 63.0 Å². The fraction of sp³-hybridized carbons (Fsp3) is 0.303. The van der Waals surface area contributed by atoms with E-state index in [-0.39, 0.29) is 41.5 Å². The smallest absolute Gasteiger partial charge is 0.338 e. The molecule has 3 aromatic heterocycles. The highest BCUT2D eigenvalue weighted by Gasteiger charge is 2.36. The Morgan fingerprint density at radius 1 is 0.952 bits per heavy atom. The van der Waals surface area contributed by atoms with Gasteiger partial charge in [0.05, 0.1) is 16.8 Å². The van der Waals surface area contributed by atoms with Gasteiger partial charge in [0.1, 0.15) is 0 Å². The second-order valence-electron chi connectivity index (χ2n) is 11.1. The number of hydrogen-bond acceptors (Lipinski definition) is 4. The van der Waals surface area contributed by atoms with Crippen molar-refractivity contribution in [3.05, 3.63) is 84.8 Å². The van der Waals surface area contributed by atoms with Gasteiger partial charge in [0.15, 0.2) is 6.29 Å². The molecule has 1 saturated heterocycles. The van der Waals surface area contributed by atoms with Gasteiger partial charge in [-0.05, 0) is 74.1 Å². The molecule has 0 aliphatic carbocycles. The average molecular weight is 569 g/mol. The first-order valence-corrected chi connectivity index (χ1v) is 14.1. The Hall–Kier alpha value is -4.79. The van der Waals surface area contributed by atoms with Crippen LogP contribution in [0.25, 0.3) is 29.9 Å². The average Bonchev–Trinajstić information content (AvgIpc) is 3.61. The number of hydrogen-bond donors (Lipinski definition) is 6. The molecule has 218 valence electrons. The van der Waals surface area contributed by atoms with Crippen molar-refractivity contribution >= 4 is 48.1 Å². The van der Waals surface area contributed by atoms with Gasteiger partial charge in [-0.15, -0.1) is 0 Å². The van der Waals surface area contributed by atoms with Crippen molar-refractivity contribution in [3.8, 4) is 0 Å². The van der Waals surface area contributed by atoms with Crippen LogP contribution < -0.4 is 16.0 Å². The van der Waals surface area contributed by atoms with Gasteiger partial charge in [0.25, 0.3) is 0 Å². The van der Waals surface area contributed by atoms with Crippen LogP contribution in [-0.4, -0.2) is 43.4 Å². The maximum Gasteiger partial charge on any atom is 0.338 e. The van der Waals surface area contributed by atoms with Gasteiger partial charge in [-0.25, -0.2) is 4.79 Å². The van der Waals surface area contributed by atoms with Gasteiger partial charge in [-0.2, -0.15) is 0 Å². The highest BCUT2D eigenvalue weighted by molar-refractivity contribution is 6.12. The zero-order valence-corrected chi connectivity index (χ0v) is 24.5. The third-order valence-electron chi connectivity index (χ3n) is 8.85. The molecule has 2 aliphatic rings. The molecule has 0 spiro atoms. The maximum atomic E-state index is 12.8. The first-order valence-electron chi connectivity index (χ1n) is 14.1. The summed E-state index contributed by atoms with van der Waals surface area (Å²) in [5, 5.41) is 24.9. The van der Waals surface area contributed by atoms with Crippen LogP contribution in [0.4, 0.5) is 0 Å². The van der Waals surface area contributed by atoms with Gasteiger partial charge in [-0.3, -0.25) is 9.59 Å². The number of allylic oxidation sites excluding steroid dienone is 3. The summed E-state index contributed by atoms with van der Waals surface area (Å²) in [6.07, 6.45) is 9.37. The highest BCUT2D eigenvalue weighted by atomic mass is 16.4. The number of carboxylic acid groups (broad SMARTS) is 2. The Labute approximate surface area is 243 Å². The van der Waals surface area contributed by atoms with Crippen molar-refractivity contribution in [2.75, 3.05) is 0 Å². The molecule has 9 heteroatoms. The summed E-state index contributed by atoms with van der Waals surface area (Å²) in [5.41, 5.74) is 8.69. The van der Waals surface area contributed by atoms with Crippen molar-refractivity contribution in [2.45, 2.75) is 53.9 Å². The van der Waals surface area contributed by atoms with Crippen molar-refractivity contribution in [1.82, 2.24) is 20.3 Å². The summed E-state index contributed by atoms with van der Waals surface area (Å²) in [6.45, 7) is 13.9. The minimum absolute atomic E-state index is 0.0113. The molecule has 2 atom stereocenters. The van der Waals surface area contributed by atoms with E-state index in [4.69, 9.17) is 0 Å². The van der Waals surface area contributed by atoms with Gasteiger partial charge in [0.2, 0.25) is 0 Å². The number of aliphatic carboxylic acids is 1. The van der Waals surface area contributed by atoms with Crippen molar-refractivity contribution in [3.63, 3.8) is 0 Å². The number of carbonyl (C=O) groups is 3. The van der Waals surface area contributed by atoms with E-state index in [9.17, 15) is 24.6 Å². The van der Waals surface area contributed by atoms with Crippen LogP contribution in [0.3, 0.4) is 0 Å². The molecule has 0 amide bonds. The number of aromatic carboxylic acids is 1. The van der Waals surface area contributed by atoms with E-state index in [2.05, 4.69) is 46.8 Å². The minimum atomic E-state index is -1.15. The van der Waals surface area contributed by atoms with E-state index in [0.717, 1.165) is 56.5 Å². The molecule has 0 saturated carbocycles. The zero-order valence-electron chi connectivity index (χ0n) is 24.5. The molecule has 5 rings (SSSR count). The molecule has 0 aromatic carbocycles. The summed E-state index contributed by atoms with van der Waals surface area (Å²) < 4.78 is 0. The lowest BCUT2D eigenvalue weighted by Crippen LogP contribution is -2.14. The maximum absolute atomic E-state index is 12.8. The fourth-order valence-corrected chi connectivity index (χ4v) is 6.44. The van der Waals surface area contributed by atoms with E-state index in [1.54, 1.807) is 6.92 Å². The number of carboxylic acids is 2. The molecule has 2 aliphatic heterocycles. The van der Waals surface area contributed by atoms with Crippen LogP contribution in [0.15, 0.2) is 18.0 Å². The van der Waals surface area contributed by atoms with E-state index >= 15 is 0 Å². The van der Waals surface area contributed by atoms with Crippen LogP contribution in [-0.2, 0) is 16.0 Å². The number of rotatable bonds is 7. The lowest BCUT2D eigenvalue weighted by molar-refractivity contribution is -0.137. The van der Waals surface area contributed by atoms with Crippen molar-refractivity contribution in [1.29, 1.82) is 0 Å². The molecule has 8 bridgehead atoms. The van der Waals surface area contributed by atoms with Gasteiger partial charge in [-0.1, -0.05) is 26.5 Å². The normalized spacial score (nSPS) is 17.7. The van der Waals surface area contributed by atoms with E-state index < -0.39 is 11.9 Å². The van der Waals surface area contributed by atoms with Crippen molar-refractivity contribution < 1.29 is 24.6 Å². The fourth-order valence-electron chi connectivity index (χ4n) is 6.44. The van der Waals surface area contributed by atoms with Crippen LogP contribution in [0, 0.1) is 32.6 Å². The number of carbonyl (C=O) groups excluding carboxylic acids is 1. The Bertz CT molecular complexity index is 1840. The summed E-state index contributed by atoms with van der Waals surface area (Å²) in [6, 6.07) is 0. The van der Waals surface area contributed by atoms with Crippen LogP contribution in [0.1, 0.15) is 87.6 Å². The first-order chi connectivity index (χ1) is 20.0. The molecule has 0 radical (unpaired) electrons. The van der Waals surface area contributed by atoms with E-state index in [1.807, 2.05) is 32.1 Å².